The average Bonchev–Trinajstić information content (AvgIpc) is 3.27. The molecule has 0 fully saturated rings. The first-order valence-electron chi connectivity index (χ1n) is 10.9. The lowest BCUT2D eigenvalue weighted by atomic mass is 10.1. The molecule has 0 saturated heterocycles. The van der Waals surface area contributed by atoms with Gasteiger partial charge in [0.1, 0.15) is 0 Å². The number of amides is 1. The number of aromatic nitrogens is 4. The number of anilines is 1. The van der Waals surface area contributed by atoms with Crippen LogP contribution in [0.15, 0.2) is 82.7 Å². The number of nitrogens with one attached hydrogen (secondary N) is 1. The van der Waals surface area contributed by atoms with E-state index in [1.54, 1.807) is 10.6 Å². The molecule has 7 nitrogen and oxygen atoms in total. The number of carbonyl (C=O) groups is 1. The Bertz CT molecular complexity index is 1570. The monoisotopic (exact) mass is 469 g/mol. The molecule has 0 aliphatic carbocycles. The van der Waals surface area contributed by atoms with Gasteiger partial charge in [-0.1, -0.05) is 60.3 Å². The van der Waals surface area contributed by atoms with Gasteiger partial charge in [-0.15, -0.1) is 10.2 Å². The van der Waals surface area contributed by atoms with Crippen molar-refractivity contribution in [2.24, 2.45) is 0 Å². The fraction of sp³-hybridized carbons (Fsp3) is 0.154. The molecule has 3 aromatic carbocycles. The Labute approximate surface area is 200 Å². The van der Waals surface area contributed by atoms with Gasteiger partial charge >= 0.3 is 0 Å². The minimum atomic E-state index is -0.132. The van der Waals surface area contributed by atoms with Crippen molar-refractivity contribution in [1.82, 2.24) is 19.2 Å². The average molecular weight is 470 g/mol. The third kappa shape index (κ3) is 4.20. The lowest BCUT2D eigenvalue weighted by Crippen LogP contribution is -2.24. The normalized spacial score (nSPS) is 11.2. The van der Waals surface area contributed by atoms with E-state index >= 15 is 0 Å². The minimum Gasteiger partial charge on any atom is -0.325 e. The van der Waals surface area contributed by atoms with Crippen molar-refractivity contribution in [3.05, 3.63) is 99.8 Å². The van der Waals surface area contributed by atoms with Gasteiger partial charge in [0.15, 0.2) is 5.16 Å². The Morgan fingerprint density at radius 3 is 2.50 bits per heavy atom. The van der Waals surface area contributed by atoms with E-state index in [1.165, 1.54) is 17.3 Å². The van der Waals surface area contributed by atoms with Crippen LogP contribution in [0.2, 0.25) is 0 Å². The maximum Gasteiger partial charge on any atom is 0.263 e. The molecule has 0 aliphatic heterocycles. The van der Waals surface area contributed by atoms with Crippen molar-refractivity contribution < 1.29 is 4.79 Å². The molecule has 8 heteroatoms. The zero-order valence-corrected chi connectivity index (χ0v) is 19.7. The summed E-state index contributed by atoms with van der Waals surface area (Å²) in [6, 6.07) is 23.0. The second-order valence-corrected chi connectivity index (χ2v) is 9.09. The standard InChI is InChI=1S/C26H23N5O2S/c1-17-12-13-20(14-18(17)2)27-23(32)16-34-26-29-28-25-30(15-19-8-4-3-5-9-19)24(33)21-10-6-7-11-22(21)31(25)26/h3-14H,15-16H2,1-2H3,(H,27,32). The number of benzene rings is 3. The summed E-state index contributed by atoms with van der Waals surface area (Å²) < 4.78 is 3.48. The van der Waals surface area contributed by atoms with E-state index < -0.39 is 0 Å². The van der Waals surface area contributed by atoms with Gasteiger partial charge in [0.25, 0.3) is 5.56 Å². The van der Waals surface area contributed by atoms with Crippen LogP contribution in [0, 0.1) is 13.8 Å². The first kappa shape index (κ1) is 21.9. The van der Waals surface area contributed by atoms with Gasteiger partial charge in [-0.2, -0.15) is 0 Å². The summed E-state index contributed by atoms with van der Waals surface area (Å²) in [7, 11) is 0. The molecule has 5 aromatic rings. The second-order valence-electron chi connectivity index (χ2n) is 8.15. The maximum atomic E-state index is 13.3. The van der Waals surface area contributed by atoms with Gasteiger partial charge in [-0.3, -0.25) is 18.6 Å². The molecule has 1 N–H and O–H groups in total. The van der Waals surface area contributed by atoms with Gasteiger partial charge in [-0.25, -0.2) is 0 Å². The molecule has 2 heterocycles. The molecule has 1 amide bonds. The van der Waals surface area contributed by atoms with Gasteiger partial charge in [-0.05, 0) is 54.8 Å². The van der Waals surface area contributed by atoms with Crippen LogP contribution in [0.4, 0.5) is 5.69 Å². The molecule has 5 rings (SSSR count). The number of rotatable bonds is 6. The largest absolute Gasteiger partial charge is 0.325 e. The number of hydrogen-bond acceptors (Lipinski definition) is 5. The minimum absolute atomic E-state index is 0.122. The molecule has 0 radical (unpaired) electrons. The van der Waals surface area contributed by atoms with Crippen LogP contribution in [0.1, 0.15) is 16.7 Å². The number of hydrogen-bond donors (Lipinski definition) is 1. The number of para-hydroxylation sites is 1. The Morgan fingerprint density at radius 2 is 1.71 bits per heavy atom. The molecule has 0 bridgehead atoms. The molecule has 0 saturated carbocycles. The van der Waals surface area contributed by atoms with Crippen LogP contribution in [0.5, 0.6) is 0 Å². The summed E-state index contributed by atoms with van der Waals surface area (Å²) in [5, 5.41) is 12.7. The molecule has 34 heavy (non-hydrogen) atoms. The third-order valence-corrected chi connectivity index (χ3v) is 6.71. The van der Waals surface area contributed by atoms with Gasteiger partial charge < -0.3 is 5.32 Å². The van der Waals surface area contributed by atoms with Crippen LogP contribution in [0.25, 0.3) is 16.7 Å². The molecule has 2 aromatic heterocycles. The zero-order chi connectivity index (χ0) is 23.7. The number of carbonyl (C=O) groups excluding carboxylic acids is 1. The number of thioether (sulfide) groups is 1. The predicted molar refractivity (Wildman–Crippen MR) is 136 cm³/mol. The molecule has 170 valence electrons. The van der Waals surface area contributed by atoms with E-state index in [1.807, 2.05) is 85.0 Å². The van der Waals surface area contributed by atoms with E-state index in [4.69, 9.17) is 0 Å². The van der Waals surface area contributed by atoms with Gasteiger partial charge in [0.2, 0.25) is 11.7 Å². The summed E-state index contributed by atoms with van der Waals surface area (Å²) in [5.41, 5.74) is 4.65. The van der Waals surface area contributed by atoms with Crippen molar-refractivity contribution in [1.29, 1.82) is 0 Å². The first-order chi connectivity index (χ1) is 16.5. The zero-order valence-electron chi connectivity index (χ0n) is 18.9. The molecule has 0 spiro atoms. The third-order valence-electron chi connectivity index (χ3n) is 5.78. The highest BCUT2D eigenvalue weighted by Gasteiger charge is 2.18. The smallest absolute Gasteiger partial charge is 0.263 e. The van der Waals surface area contributed by atoms with E-state index in [9.17, 15) is 9.59 Å². The summed E-state index contributed by atoms with van der Waals surface area (Å²) in [4.78, 5) is 25.9. The van der Waals surface area contributed by atoms with Gasteiger partial charge in [0, 0.05) is 5.69 Å². The second kappa shape index (κ2) is 9.15. The highest BCUT2D eigenvalue weighted by molar-refractivity contribution is 7.99. The fourth-order valence-electron chi connectivity index (χ4n) is 3.88. The van der Waals surface area contributed by atoms with Crippen molar-refractivity contribution in [3.63, 3.8) is 0 Å². The van der Waals surface area contributed by atoms with Crippen LogP contribution in [0.3, 0.4) is 0 Å². The number of nitrogens with zero attached hydrogens (tertiary/aromatic N) is 4. The van der Waals surface area contributed by atoms with Crippen LogP contribution < -0.4 is 10.9 Å². The Kier molecular flexibility index (Phi) is 5.90. The molecule has 0 unspecified atom stereocenters. The summed E-state index contributed by atoms with van der Waals surface area (Å²) in [6.45, 7) is 4.43. The van der Waals surface area contributed by atoms with E-state index in [-0.39, 0.29) is 17.2 Å². The molecular weight excluding hydrogens is 446 g/mol. The number of fused-ring (bicyclic) bond motifs is 3. The predicted octanol–water partition coefficient (Wildman–Crippen LogP) is 4.44. The Hall–Kier alpha value is -3.91. The summed E-state index contributed by atoms with van der Waals surface area (Å²) >= 11 is 1.29. The van der Waals surface area contributed by atoms with Crippen molar-refractivity contribution in [2.45, 2.75) is 25.5 Å². The lowest BCUT2D eigenvalue weighted by Gasteiger charge is -2.11. The van der Waals surface area contributed by atoms with Crippen molar-refractivity contribution in [3.8, 4) is 0 Å². The molecule has 0 atom stereocenters. The maximum absolute atomic E-state index is 13.3. The Balaban J connectivity index is 1.48. The Morgan fingerprint density at radius 1 is 0.941 bits per heavy atom. The first-order valence-corrected chi connectivity index (χ1v) is 11.9. The topological polar surface area (TPSA) is 81.3 Å². The highest BCUT2D eigenvalue weighted by Crippen LogP contribution is 2.22. The van der Waals surface area contributed by atoms with E-state index in [2.05, 4.69) is 15.5 Å². The summed E-state index contributed by atoms with van der Waals surface area (Å²) in [6.07, 6.45) is 0. The quantitative estimate of drug-likeness (QED) is 0.372. The van der Waals surface area contributed by atoms with Crippen molar-refractivity contribution >= 4 is 40.0 Å². The van der Waals surface area contributed by atoms with Gasteiger partial charge in [0.05, 0.1) is 23.2 Å². The fourth-order valence-corrected chi connectivity index (χ4v) is 4.62. The highest BCUT2D eigenvalue weighted by atomic mass is 32.2. The van der Waals surface area contributed by atoms with Crippen LogP contribution in [-0.4, -0.2) is 30.8 Å². The van der Waals surface area contributed by atoms with Crippen LogP contribution in [-0.2, 0) is 11.3 Å². The molecular formula is C26H23N5O2S. The van der Waals surface area contributed by atoms with Crippen LogP contribution >= 0.6 is 11.8 Å². The number of aryl methyl sites for hydroxylation is 2. The van der Waals surface area contributed by atoms with E-state index in [0.29, 0.717) is 28.4 Å². The summed E-state index contributed by atoms with van der Waals surface area (Å²) in [5.74, 6) is 0.483. The van der Waals surface area contributed by atoms with E-state index in [0.717, 1.165) is 16.8 Å². The lowest BCUT2D eigenvalue weighted by molar-refractivity contribution is -0.113. The molecule has 0 aliphatic rings. The van der Waals surface area contributed by atoms with Crippen molar-refractivity contribution in [2.75, 3.05) is 11.1 Å². The SMILES string of the molecule is Cc1ccc(NC(=O)CSc2nnc3n(Cc4ccccc4)c(=O)c4ccccc4n23)cc1C.